The SMILES string of the molecule is NC(=S)C1CC(N)C1. The fraction of sp³-hybridized carbons (Fsp3) is 0.800. The van der Waals surface area contributed by atoms with Gasteiger partial charge in [0, 0.05) is 12.0 Å². The number of thiocarbonyl (C=S) groups is 1. The van der Waals surface area contributed by atoms with Gasteiger partial charge in [-0.2, -0.15) is 0 Å². The average Bonchev–Trinajstić information content (AvgIpc) is 1.57. The zero-order valence-corrected chi connectivity index (χ0v) is 5.45. The molecule has 0 radical (unpaired) electrons. The molecule has 8 heavy (non-hydrogen) atoms. The summed E-state index contributed by atoms with van der Waals surface area (Å²) in [4.78, 5) is 0.631. The lowest BCUT2D eigenvalue weighted by molar-refractivity contribution is 0.346. The minimum atomic E-state index is 0.362. The molecule has 46 valence electrons. The molecule has 0 spiro atoms. The monoisotopic (exact) mass is 130 g/mol. The Labute approximate surface area is 54.2 Å². The van der Waals surface area contributed by atoms with Crippen LogP contribution in [0.15, 0.2) is 0 Å². The van der Waals surface area contributed by atoms with Crippen molar-refractivity contribution in [1.29, 1.82) is 0 Å². The van der Waals surface area contributed by atoms with Crippen molar-refractivity contribution in [3.05, 3.63) is 0 Å². The summed E-state index contributed by atoms with van der Waals surface area (Å²) in [5.74, 6) is 0.444. The van der Waals surface area contributed by atoms with Crippen LogP contribution in [0.4, 0.5) is 0 Å². The molecule has 0 saturated heterocycles. The summed E-state index contributed by atoms with van der Waals surface area (Å²) in [6.45, 7) is 0. The normalized spacial score (nSPS) is 36.1. The Balaban J connectivity index is 2.25. The van der Waals surface area contributed by atoms with Crippen LogP contribution in [0.5, 0.6) is 0 Å². The minimum absolute atomic E-state index is 0.362. The van der Waals surface area contributed by atoms with Crippen LogP contribution < -0.4 is 11.5 Å². The van der Waals surface area contributed by atoms with Crippen molar-refractivity contribution in [2.24, 2.45) is 17.4 Å². The Hall–Kier alpha value is -0.150. The van der Waals surface area contributed by atoms with E-state index in [-0.39, 0.29) is 0 Å². The molecule has 0 amide bonds. The van der Waals surface area contributed by atoms with Crippen LogP contribution >= 0.6 is 12.2 Å². The second kappa shape index (κ2) is 1.99. The predicted octanol–water partition coefficient (Wildman–Crippen LogP) is 0.00980. The van der Waals surface area contributed by atoms with E-state index in [0.29, 0.717) is 16.9 Å². The largest absolute Gasteiger partial charge is 0.393 e. The van der Waals surface area contributed by atoms with Gasteiger partial charge >= 0.3 is 0 Å². The summed E-state index contributed by atoms with van der Waals surface area (Å²) in [5, 5.41) is 0. The molecule has 2 nitrogen and oxygen atoms in total. The van der Waals surface area contributed by atoms with Crippen LogP contribution in [-0.4, -0.2) is 11.0 Å². The first-order valence-corrected chi connectivity index (χ1v) is 3.16. The van der Waals surface area contributed by atoms with Crippen molar-refractivity contribution >= 4 is 17.2 Å². The molecular weight excluding hydrogens is 120 g/mol. The van der Waals surface area contributed by atoms with E-state index in [1.54, 1.807) is 0 Å². The average molecular weight is 130 g/mol. The fourth-order valence-electron chi connectivity index (χ4n) is 0.894. The van der Waals surface area contributed by atoms with Crippen molar-refractivity contribution < 1.29 is 0 Å². The highest BCUT2D eigenvalue weighted by molar-refractivity contribution is 7.80. The van der Waals surface area contributed by atoms with Gasteiger partial charge in [0.15, 0.2) is 0 Å². The minimum Gasteiger partial charge on any atom is -0.393 e. The third-order valence-corrected chi connectivity index (χ3v) is 1.91. The smallest absolute Gasteiger partial charge is 0.0759 e. The second-order valence-corrected chi connectivity index (χ2v) is 2.80. The van der Waals surface area contributed by atoms with Crippen LogP contribution in [0, 0.1) is 5.92 Å². The molecule has 0 atom stereocenters. The fourth-order valence-corrected chi connectivity index (χ4v) is 1.09. The lowest BCUT2D eigenvalue weighted by Gasteiger charge is -2.31. The number of nitrogens with two attached hydrogens (primary N) is 2. The highest BCUT2D eigenvalue weighted by Crippen LogP contribution is 2.25. The summed E-state index contributed by atoms with van der Waals surface area (Å²) in [5.41, 5.74) is 10.8. The van der Waals surface area contributed by atoms with Crippen LogP contribution in [-0.2, 0) is 0 Å². The molecule has 1 saturated carbocycles. The van der Waals surface area contributed by atoms with Gasteiger partial charge in [-0.3, -0.25) is 0 Å². The van der Waals surface area contributed by atoms with E-state index in [1.165, 1.54) is 0 Å². The molecule has 0 heterocycles. The van der Waals surface area contributed by atoms with Gasteiger partial charge in [-0.25, -0.2) is 0 Å². The van der Waals surface area contributed by atoms with Crippen molar-refractivity contribution in [3.63, 3.8) is 0 Å². The van der Waals surface area contributed by atoms with E-state index in [4.69, 9.17) is 23.7 Å². The zero-order valence-electron chi connectivity index (χ0n) is 4.63. The number of hydrogen-bond acceptors (Lipinski definition) is 2. The van der Waals surface area contributed by atoms with E-state index < -0.39 is 0 Å². The lowest BCUT2D eigenvalue weighted by Crippen LogP contribution is -2.42. The summed E-state index contributed by atoms with van der Waals surface area (Å²) in [7, 11) is 0. The summed E-state index contributed by atoms with van der Waals surface area (Å²) in [6.07, 6.45) is 1.99. The molecule has 1 aliphatic rings. The van der Waals surface area contributed by atoms with Crippen LogP contribution in [0.3, 0.4) is 0 Å². The quantitative estimate of drug-likeness (QED) is 0.492. The first kappa shape index (κ1) is 5.98. The van der Waals surface area contributed by atoms with E-state index >= 15 is 0 Å². The third-order valence-electron chi connectivity index (χ3n) is 1.58. The molecule has 0 bridgehead atoms. The van der Waals surface area contributed by atoms with Gasteiger partial charge < -0.3 is 11.5 Å². The molecule has 0 aromatic rings. The van der Waals surface area contributed by atoms with Gasteiger partial charge in [0.2, 0.25) is 0 Å². The number of rotatable bonds is 1. The van der Waals surface area contributed by atoms with E-state index in [2.05, 4.69) is 0 Å². The van der Waals surface area contributed by atoms with Crippen molar-refractivity contribution in [1.82, 2.24) is 0 Å². The summed E-state index contributed by atoms with van der Waals surface area (Å²) >= 11 is 4.74. The van der Waals surface area contributed by atoms with Crippen LogP contribution in [0.25, 0.3) is 0 Å². The topological polar surface area (TPSA) is 52.0 Å². The molecule has 0 unspecified atom stereocenters. The van der Waals surface area contributed by atoms with Crippen LogP contribution in [0.1, 0.15) is 12.8 Å². The molecule has 0 aromatic carbocycles. The van der Waals surface area contributed by atoms with Gasteiger partial charge in [0.1, 0.15) is 0 Å². The predicted molar refractivity (Wildman–Crippen MR) is 37.5 cm³/mol. The molecule has 1 rings (SSSR count). The summed E-state index contributed by atoms with van der Waals surface area (Å²) in [6, 6.07) is 0.362. The molecule has 1 aliphatic carbocycles. The van der Waals surface area contributed by atoms with Gasteiger partial charge in [-0.15, -0.1) is 0 Å². The second-order valence-electron chi connectivity index (χ2n) is 2.33. The third kappa shape index (κ3) is 0.980. The Kier molecular flexibility index (Phi) is 1.49. The number of hydrogen-bond donors (Lipinski definition) is 2. The van der Waals surface area contributed by atoms with Crippen molar-refractivity contribution in [3.8, 4) is 0 Å². The molecule has 0 aliphatic heterocycles. The first-order valence-electron chi connectivity index (χ1n) is 2.75. The Morgan fingerprint density at radius 3 is 2.12 bits per heavy atom. The van der Waals surface area contributed by atoms with Gasteiger partial charge in [0.25, 0.3) is 0 Å². The van der Waals surface area contributed by atoms with Crippen LogP contribution in [0.2, 0.25) is 0 Å². The standard InChI is InChI=1S/C5H10N2S/c6-4-1-3(2-4)5(7)8/h3-4H,1-2,6H2,(H2,7,8). The van der Waals surface area contributed by atoms with Gasteiger partial charge in [0.05, 0.1) is 4.99 Å². The van der Waals surface area contributed by atoms with Crippen molar-refractivity contribution in [2.75, 3.05) is 0 Å². The molecule has 0 aromatic heterocycles. The Morgan fingerprint density at radius 1 is 1.50 bits per heavy atom. The molecule has 1 fully saturated rings. The van der Waals surface area contributed by atoms with E-state index in [9.17, 15) is 0 Å². The molecule has 3 heteroatoms. The Bertz CT molecular complexity index is 107. The Morgan fingerprint density at radius 2 is 2.00 bits per heavy atom. The van der Waals surface area contributed by atoms with E-state index in [0.717, 1.165) is 12.8 Å². The highest BCUT2D eigenvalue weighted by Gasteiger charge is 2.27. The first-order chi connectivity index (χ1) is 3.70. The van der Waals surface area contributed by atoms with Crippen molar-refractivity contribution in [2.45, 2.75) is 18.9 Å². The maximum Gasteiger partial charge on any atom is 0.0759 e. The highest BCUT2D eigenvalue weighted by atomic mass is 32.1. The molecule has 4 N–H and O–H groups in total. The summed E-state index contributed by atoms with van der Waals surface area (Å²) < 4.78 is 0. The van der Waals surface area contributed by atoms with E-state index in [1.807, 2.05) is 0 Å². The maximum atomic E-state index is 5.49. The van der Waals surface area contributed by atoms with Gasteiger partial charge in [-0.05, 0) is 12.8 Å². The maximum absolute atomic E-state index is 5.49. The molecular formula is C5H10N2S. The zero-order chi connectivity index (χ0) is 6.15. The lowest BCUT2D eigenvalue weighted by atomic mass is 9.81. The van der Waals surface area contributed by atoms with Gasteiger partial charge in [-0.1, -0.05) is 12.2 Å².